The van der Waals surface area contributed by atoms with Crippen molar-refractivity contribution in [1.82, 2.24) is 29.9 Å². The van der Waals surface area contributed by atoms with Gasteiger partial charge in [0.15, 0.2) is 0 Å². The van der Waals surface area contributed by atoms with Crippen LogP contribution in [0.3, 0.4) is 0 Å². The number of carbonyl (C=O) groups is 1. The van der Waals surface area contributed by atoms with Crippen molar-refractivity contribution >= 4 is 5.91 Å². The Balaban J connectivity index is 1.42. The van der Waals surface area contributed by atoms with Crippen LogP contribution in [0, 0.1) is 0 Å². The van der Waals surface area contributed by atoms with Crippen molar-refractivity contribution in [2.45, 2.75) is 56.8 Å². The van der Waals surface area contributed by atoms with Gasteiger partial charge in [-0.2, -0.15) is 23.4 Å². The Bertz CT molecular complexity index is 1160. The highest BCUT2D eigenvalue weighted by Gasteiger charge is 2.33. The number of nitrogens with zero attached hydrogens (tertiary/aromatic N) is 5. The number of carbonyl (C=O) groups excluding carboxylic acids is 1. The Morgan fingerprint density at radius 3 is 2.69 bits per heavy atom. The summed E-state index contributed by atoms with van der Waals surface area (Å²) in [5.41, 5.74) is 2.08. The van der Waals surface area contributed by atoms with E-state index in [9.17, 15) is 18.0 Å². The lowest BCUT2D eigenvalue weighted by molar-refractivity contribution is -0.141. The molecule has 32 heavy (non-hydrogen) atoms. The van der Waals surface area contributed by atoms with E-state index < -0.39 is 11.9 Å². The molecule has 168 valence electrons. The van der Waals surface area contributed by atoms with Gasteiger partial charge in [-0.3, -0.25) is 19.1 Å². The normalized spacial score (nSPS) is 18.8. The quantitative estimate of drug-likeness (QED) is 0.653. The summed E-state index contributed by atoms with van der Waals surface area (Å²) in [6, 6.07) is 5.85. The van der Waals surface area contributed by atoms with Gasteiger partial charge in [0.1, 0.15) is 11.4 Å². The van der Waals surface area contributed by atoms with Crippen molar-refractivity contribution in [3.63, 3.8) is 0 Å². The van der Waals surface area contributed by atoms with Crippen LogP contribution in [0.5, 0.6) is 0 Å². The average Bonchev–Trinajstić information content (AvgIpc) is 3.45. The van der Waals surface area contributed by atoms with Gasteiger partial charge in [-0.25, -0.2) is 0 Å². The second kappa shape index (κ2) is 7.75. The molecule has 1 saturated carbocycles. The van der Waals surface area contributed by atoms with Crippen LogP contribution in [-0.4, -0.2) is 30.5 Å². The standard InChI is InChI=1S/C22H23F3N6O/c1-30-19(12-16(28-30)13-5-6-13)21(32)27-15-4-2-3-9-31-18(15)11-17(29-31)14-7-8-26-20(10-14)22(23,24)25/h7-8,10-13,15H,2-6,9H2,1H3,(H,27,32). The summed E-state index contributed by atoms with van der Waals surface area (Å²) in [5, 5.41) is 12.1. The topological polar surface area (TPSA) is 77.6 Å². The van der Waals surface area contributed by atoms with E-state index in [1.54, 1.807) is 22.5 Å². The van der Waals surface area contributed by atoms with E-state index in [0.717, 1.165) is 55.8 Å². The van der Waals surface area contributed by atoms with Gasteiger partial charge in [-0.15, -0.1) is 0 Å². The van der Waals surface area contributed by atoms with Crippen LogP contribution in [0.2, 0.25) is 0 Å². The van der Waals surface area contributed by atoms with Crippen molar-refractivity contribution in [1.29, 1.82) is 0 Å². The first-order valence-corrected chi connectivity index (χ1v) is 10.8. The van der Waals surface area contributed by atoms with Gasteiger partial charge in [0.05, 0.1) is 23.1 Å². The second-order valence-electron chi connectivity index (χ2n) is 8.48. The van der Waals surface area contributed by atoms with E-state index >= 15 is 0 Å². The molecule has 1 aliphatic carbocycles. The molecule has 0 saturated heterocycles. The lowest BCUT2D eigenvalue weighted by Gasteiger charge is -2.17. The van der Waals surface area contributed by atoms with E-state index in [1.165, 1.54) is 6.07 Å². The number of aromatic nitrogens is 5. The number of hydrogen-bond donors (Lipinski definition) is 1. The van der Waals surface area contributed by atoms with E-state index in [1.807, 2.05) is 6.07 Å². The lowest BCUT2D eigenvalue weighted by Crippen LogP contribution is -2.30. The van der Waals surface area contributed by atoms with Gasteiger partial charge in [0, 0.05) is 31.3 Å². The SMILES string of the molecule is Cn1nc(C2CC2)cc1C(=O)NC1CCCCn2nc(-c3ccnc(C(F)(F)F)c3)cc21. The summed E-state index contributed by atoms with van der Waals surface area (Å²) in [4.78, 5) is 16.4. The van der Waals surface area contributed by atoms with Gasteiger partial charge in [-0.05, 0) is 56.4 Å². The molecule has 3 aromatic rings. The molecule has 3 aromatic heterocycles. The maximum Gasteiger partial charge on any atom is 0.433 e. The molecule has 5 rings (SSSR count). The number of rotatable bonds is 4. The molecule has 0 bridgehead atoms. The highest BCUT2D eigenvalue weighted by Crippen LogP contribution is 2.39. The summed E-state index contributed by atoms with van der Waals surface area (Å²) in [5.74, 6) is 0.239. The van der Waals surface area contributed by atoms with Crippen molar-refractivity contribution in [2.24, 2.45) is 7.05 Å². The number of hydrogen-bond acceptors (Lipinski definition) is 4. The maximum absolute atomic E-state index is 13.1. The minimum absolute atomic E-state index is 0.212. The van der Waals surface area contributed by atoms with Crippen LogP contribution in [0.1, 0.15) is 71.6 Å². The van der Waals surface area contributed by atoms with Crippen LogP contribution in [-0.2, 0) is 19.8 Å². The fraction of sp³-hybridized carbons (Fsp3) is 0.455. The molecular weight excluding hydrogens is 421 g/mol. The molecule has 1 amide bonds. The Labute approximate surface area is 182 Å². The lowest BCUT2D eigenvalue weighted by atomic mass is 10.1. The Morgan fingerprint density at radius 1 is 1.12 bits per heavy atom. The Morgan fingerprint density at radius 2 is 1.94 bits per heavy atom. The van der Waals surface area contributed by atoms with Crippen LogP contribution in [0.25, 0.3) is 11.3 Å². The molecule has 7 nitrogen and oxygen atoms in total. The minimum Gasteiger partial charge on any atom is -0.342 e. The molecule has 1 aliphatic heterocycles. The number of aryl methyl sites for hydroxylation is 2. The second-order valence-corrected chi connectivity index (χ2v) is 8.48. The third-order valence-electron chi connectivity index (χ3n) is 6.06. The summed E-state index contributed by atoms with van der Waals surface area (Å²) >= 11 is 0. The third-order valence-corrected chi connectivity index (χ3v) is 6.06. The molecular formula is C22H23F3N6O. The third kappa shape index (κ3) is 4.01. The molecule has 10 heteroatoms. The highest BCUT2D eigenvalue weighted by atomic mass is 19.4. The largest absolute Gasteiger partial charge is 0.433 e. The van der Waals surface area contributed by atoms with Gasteiger partial charge < -0.3 is 5.32 Å². The van der Waals surface area contributed by atoms with E-state index in [2.05, 4.69) is 20.5 Å². The molecule has 0 radical (unpaired) electrons. The van der Waals surface area contributed by atoms with E-state index in [4.69, 9.17) is 0 Å². The number of pyridine rings is 1. The van der Waals surface area contributed by atoms with Crippen molar-refractivity contribution in [3.8, 4) is 11.3 Å². The van der Waals surface area contributed by atoms with E-state index in [0.29, 0.717) is 29.4 Å². The molecule has 1 atom stereocenters. The minimum atomic E-state index is -4.52. The zero-order valence-corrected chi connectivity index (χ0v) is 17.6. The van der Waals surface area contributed by atoms with Gasteiger partial charge in [-0.1, -0.05) is 0 Å². The summed E-state index contributed by atoms with van der Waals surface area (Å²) in [6.45, 7) is 0.649. The molecule has 2 aliphatic rings. The first-order valence-electron chi connectivity index (χ1n) is 10.8. The fourth-order valence-corrected chi connectivity index (χ4v) is 4.19. The highest BCUT2D eigenvalue weighted by molar-refractivity contribution is 5.93. The van der Waals surface area contributed by atoms with Gasteiger partial charge in [0.2, 0.25) is 0 Å². The summed E-state index contributed by atoms with van der Waals surface area (Å²) in [7, 11) is 1.76. The molecule has 0 spiro atoms. The first-order chi connectivity index (χ1) is 15.3. The molecule has 1 fully saturated rings. The summed E-state index contributed by atoms with van der Waals surface area (Å²) in [6.07, 6.45) is 1.35. The number of nitrogens with one attached hydrogen (secondary N) is 1. The first kappa shape index (κ1) is 20.7. The Kier molecular flexibility index (Phi) is 5.02. The number of halogens is 3. The van der Waals surface area contributed by atoms with Crippen molar-refractivity contribution in [2.75, 3.05) is 0 Å². The zero-order valence-electron chi connectivity index (χ0n) is 17.6. The van der Waals surface area contributed by atoms with Crippen LogP contribution in [0.4, 0.5) is 13.2 Å². The fourth-order valence-electron chi connectivity index (χ4n) is 4.19. The predicted octanol–water partition coefficient (Wildman–Crippen LogP) is 4.23. The van der Waals surface area contributed by atoms with E-state index in [-0.39, 0.29) is 11.9 Å². The van der Waals surface area contributed by atoms with Crippen molar-refractivity contribution in [3.05, 3.63) is 53.2 Å². The smallest absolute Gasteiger partial charge is 0.342 e. The molecule has 4 heterocycles. The van der Waals surface area contributed by atoms with Crippen molar-refractivity contribution < 1.29 is 18.0 Å². The molecule has 1 unspecified atom stereocenters. The number of amides is 1. The zero-order chi connectivity index (χ0) is 22.5. The van der Waals surface area contributed by atoms with Crippen LogP contribution < -0.4 is 5.32 Å². The number of fused-ring (bicyclic) bond motifs is 1. The van der Waals surface area contributed by atoms with Crippen LogP contribution in [0.15, 0.2) is 30.5 Å². The average molecular weight is 444 g/mol. The monoisotopic (exact) mass is 444 g/mol. The van der Waals surface area contributed by atoms with Crippen LogP contribution >= 0.6 is 0 Å². The van der Waals surface area contributed by atoms with Gasteiger partial charge >= 0.3 is 6.18 Å². The van der Waals surface area contributed by atoms with Gasteiger partial charge in [0.25, 0.3) is 5.91 Å². The maximum atomic E-state index is 13.1. The predicted molar refractivity (Wildman–Crippen MR) is 110 cm³/mol. The molecule has 1 N–H and O–H groups in total. The summed E-state index contributed by atoms with van der Waals surface area (Å²) < 4.78 is 42.6. The molecule has 0 aromatic carbocycles. The Hall–Kier alpha value is -3.17. The number of alkyl halides is 3.